The highest BCUT2D eigenvalue weighted by molar-refractivity contribution is 6.00. The highest BCUT2D eigenvalue weighted by atomic mass is 16.2. The average molecular weight is 403 g/mol. The van der Waals surface area contributed by atoms with Crippen LogP contribution in [0.4, 0.5) is 5.69 Å². The molecule has 5 rings (SSSR count). The molecule has 0 saturated carbocycles. The topological polar surface area (TPSA) is 61.2 Å². The van der Waals surface area contributed by atoms with E-state index < -0.39 is 0 Å². The van der Waals surface area contributed by atoms with Gasteiger partial charge in [-0.05, 0) is 24.3 Å². The molecule has 2 aliphatic heterocycles. The van der Waals surface area contributed by atoms with E-state index in [4.69, 9.17) is 0 Å². The molecule has 7 heteroatoms. The molecule has 1 aromatic carbocycles. The van der Waals surface area contributed by atoms with Crippen LogP contribution in [0.1, 0.15) is 12.1 Å². The van der Waals surface area contributed by atoms with Crippen molar-refractivity contribution in [3.05, 3.63) is 66.6 Å². The summed E-state index contributed by atoms with van der Waals surface area (Å²) in [6.07, 6.45) is 4.26. The van der Waals surface area contributed by atoms with Gasteiger partial charge in [-0.3, -0.25) is 14.5 Å². The summed E-state index contributed by atoms with van der Waals surface area (Å²) in [5.41, 5.74) is 2.98. The van der Waals surface area contributed by atoms with Crippen LogP contribution < -0.4 is 4.90 Å². The number of hydrogen-bond acceptors (Lipinski definition) is 4. The SMILES string of the molecule is O=C(C1CC(=O)N(c2ccccc2)C1)N1CCN(Cc2cnc3ccccn23)CC1. The zero-order valence-electron chi connectivity index (χ0n) is 16.9. The lowest BCUT2D eigenvalue weighted by molar-refractivity contribution is -0.137. The molecule has 3 aromatic rings. The molecule has 2 aliphatic rings. The second-order valence-corrected chi connectivity index (χ2v) is 8.02. The van der Waals surface area contributed by atoms with Gasteiger partial charge in [0.25, 0.3) is 0 Å². The van der Waals surface area contributed by atoms with Gasteiger partial charge in [0.2, 0.25) is 11.8 Å². The molecular weight excluding hydrogens is 378 g/mol. The third-order valence-corrected chi connectivity index (χ3v) is 6.11. The van der Waals surface area contributed by atoms with E-state index in [0.717, 1.165) is 36.7 Å². The van der Waals surface area contributed by atoms with Crippen molar-refractivity contribution >= 4 is 23.1 Å². The number of aromatic nitrogens is 2. The third kappa shape index (κ3) is 3.57. The first-order chi connectivity index (χ1) is 14.7. The fourth-order valence-electron chi connectivity index (χ4n) is 4.45. The van der Waals surface area contributed by atoms with Crippen LogP contribution in [-0.4, -0.2) is 63.7 Å². The number of imidazole rings is 1. The average Bonchev–Trinajstić information content (AvgIpc) is 3.38. The van der Waals surface area contributed by atoms with Crippen molar-refractivity contribution in [1.82, 2.24) is 19.2 Å². The van der Waals surface area contributed by atoms with E-state index in [-0.39, 0.29) is 17.7 Å². The second-order valence-electron chi connectivity index (χ2n) is 8.02. The Labute approximate surface area is 175 Å². The first-order valence-corrected chi connectivity index (χ1v) is 10.5. The van der Waals surface area contributed by atoms with Gasteiger partial charge in [-0.25, -0.2) is 4.98 Å². The van der Waals surface area contributed by atoms with Gasteiger partial charge in [0.15, 0.2) is 0 Å². The van der Waals surface area contributed by atoms with Crippen LogP contribution >= 0.6 is 0 Å². The van der Waals surface area contributed by atoms with Crippen molar-refractivity contribution in [3.63, 3.8) is 0 Å². The fraction of sp³-hybridized carbons (Fsp3) is 0.348. The van der Waals surface area contributed by atoms with Crippen LogP contribution in [0.15, 0.2) is 60.9 Å². The van der Waals surface area contributed by atoms with E-state index in [0.29, 0.717) is 26.1 Å². The van der Waals surface area contributed by atoms with Crippen LogP contribution in [0.3, 0.4) is 0 Å². The zero-order valence-corrected chi connectivity index (χ0v) is 16.9. The quantitative estimate of drug-likeness (QED) is 0.669. The van der Waals surface area contributed by atoms with Crippen molar-refractivity contribution in [2.24, 2.45) is 5.92 Å². The summed E-state index contributed by atoms with van der Waals surface area (Å²) < 4.78 is 2.11. The summed E-state index contributed by atoms with van der Waals surface area (Å²) >= 11 is 0. The molecule has 0 spiro atoms. The van der Waals surface area contributed by atoms with Crippen LogP contribution in [0.25, 0.3) is 5.65 Å². The largest absolute Gasteiger partial charge is 0.340 e. The molecule has 2 fully saturated rings. The Balaban J connectivity index is 1.18. The maximum Gasteiger partial charge on any atom is 0.228 e. The number of para-hydroxylation sites is 1. The fourth-order valence-corrected chi connectivity index (χ4v) is 4.45. The molecule has 154 valence electrons. The van der Waals surface area contributed by atoms with Crippen molar-refractivity contribution in [2.75, 3.05) is 37.6 Å². The Kier molecular flexibility index (Phi) is 4.96. The molecule has 2 saturated heterocycles. The molecule has 1 atom stereocenters. The molecular formula is C23H25N5O2. The lowest BCUT2D eigenvalue weighted by Crippen LogP contribution is -2.50. The standard InChI is InChI=1S/C23H25N5O2/c29-22-14-18(16-28(22)19-6-2-1-3-7-19)23(30)26-12-10-25(11-13-26)17-20-15-24-21-8-4-5-9-27(20)21/h1-9,15,18H,10-14,16-17H2. The summed E-state index contributed by atoms with van der Waals surface area (Å²) in [6.45, 7) is 4.35. The highest BCUT2D eigenvalue weighted by Gasteiger charge is 2.37. The van der Waals surface area contributed by atoms with Crippen molar-refractivity contribution in [3.8, 4) is 0 Å². The molecule has 2 amide bonds. The van der Waals surface area contributed by atoms with E-state index in [1.54, 1.807) is 4.90 Å². The number of pyridine rings is 1. The predicted octanol–water partition coefficient (Wildman–Crippen LogP) is 2.03. The molecule has 0 N–H and O–H groups in total. The van der Waals surface area contributed by atoms with Gasteiger partial charge in [0.1, 0.15) is 5.65 Å². The molecule has 30 heavy (non-hydrogen) atoms. The summed E-state index contributed by atoms with van der Waals surface area (Å²) in [5, 5.41) is 0. The van der Waals surface area contributed by atoms with Crippen LogP contribution in [0.5, 0.6) is 0 Å². The Morgan fingerprint density at radius 1 is 1.00 bits per heavy atom. The van der Waals surface area contributed by atoms with Gasteiger partial charge in [0, 0.05) is 57.6 Å². The first-order valence-electron chi connectivity index (χ1n) is 10.5. The Bertz CT molecular complexity index is 1060. The van der Waals surface area contributed by atoms with Gasteiger partial charge < -0.3 is 14.2 Å². The van der Waals surface area contributed by atoms with Crippen LogP contribution in [-0.2, 0) is 16.1 Å². The Morgan fingerprint density at radius 2 is 1.77 bits per heavy atom. The minimum Gasteiger partial charge on any atom is -0.340 e. The number of carbonyl (C=O) groups excluding carboxylic acids is 2. The van der Waals surface area contributed by atoms with Crippen LogP contribution in [0.2, 0.25) is 0 Å². The minimum atomic E-state index is -0.247. The monoisotopic (exact) mass is 403 g/mol. The number of carbonyl (C=O) groups is 2. The summed E-state index contributed by atoms with van der Waals surface area (Å²) in [7, 11) is 0. The second kappa shape index (κ2) is 7.91. The smallest absolute Gasteiger partial charge is 0.228 e. The normalized spacial score (nSPS) is 20.3. The van der Waals surface area contributed by atoms with Crippen molar-refractivity contribution < 1.29 is 9.59 Å². The maximum atomic E-state index is 13.0. The lowest BCUT2D eigenvalue weighted by Gasteiger charge is -2.35. The first kappa shape index (κ1) is 18.8. The number of anilines is 1. The van der Waals surface area contributed by atoms with Gasteiger partial charge >= 0.3 is 0 Å². The minimum absolute atomic E-state index is 0.0331. The third-order valence-electron chi connectivity index (χ3n) is 6.11. The predicted molar refractivity (Wildman–Crippen MR) is 114 cm³/mol. The van der Waals surface area contributed by atoms with E-state index in [2.05, 4.69) is 14.3 Å². The maximum absolute atomic E-state index is 13.0. The molecule has 0 bridgehead atoms. The van der Waals surface area contributed by atoms with E-state index in [1.807, 2.05) is 65.8 Å². The number of piperazine rings is 1. The van der Waals surface area contributed by atoms with E-state index >= 15 is 0 Å². The lowest BCUT2D eigenvalue weighted by atomic mass is 10.1. The number of amides is 2. The molecule has 2 aromatic heterocycles. The van der Waals surface area contributed by atoms with E-state index in [9.17, 15) is 9.59 Å². The van der Waals surface area contributed by atoms with Gasteiger partial charge in [0.05, 0.1) is 17.8 Å². The highest BCUT2D eigenvalue weighted by Crippen LogP contribution is 2.26. The van der Waals surface area contributed by atoms with E-state index in [1.165, 1.54) is 0 Å². The zero-order chi connectivity index (χ0) is 20.5. The summed E-state index contributed by atoms with van der Waals surface area (Å²) in [6, 6.07) is 15.6. The van der Waals surface area contributed by atoms with Gasteiger partial charge in [-0.2, -0.15) is 0 Å². The molecule has 7 nitrogen and oxygen atoms in total. The number of nitrogens with zero attached hydrogens (tertiary/aromatic N) is 5. The van der Waals surface area contributed by atoms with Crippen molar-refractivity contribution in [2.45, 2.75) is 13.0 Å². The number of benzene rings is 1. The molecule has 0 aliphatic carbocycles. The van der Waals surface area contributed by atoms with Gasteiger partial charge in [-0.15, -0.1) is 0 Å². The number of fused-ring (bicyclic) bond motifs is 1. The van der Waals surface area contributed by atoms with Gasteiger partial charge in [-0.1, -0.05) is 24.3 Å². The Hall–Kier alpha value is -3.19. The molecule has 1 unspecified atom stereocenters. The van der Waals surface area contributed by atoms with Crippen molar-refractivity contribution in [1.29, 1.82) is 0 Å². The molecule has 4 heterocycles. The Morgan fingerprint density at radius 3 is 2.57 bits per heavy atom. The summed E-state index contributed by atoms with van der Waals surface area (Å²) in [5.74, 6) is -0.106. The number of hydrogen-bond donors (Lipinski definition) is 0. The molecule has 0 radical (unpaired) electrons. The summed E-state index contributed by atoms with van der Waals surface area (Å²) in [4.78, 5) is 36.0. The van der Waals surface area contributed by atoms with Crippen LogP contribution in [0, 0.1) is 5.92 Å². The number of rotatable bonds is 4.